The number of nitrogens with one attached hydrogen (secondary N) is 1. The zero-order valence-corrected chi connectivity index (χ0v) is 32.5. The molecule has 3 aromatic carbocycles. The minimum atomic E-state index is -1.03. The molecule has 0 bridgehead atoms. The molecule has 1 atom stereocenters. The SMILES string of the molecule is CC1(C)c2ccc(C3(O)CCN(Cc4cnc(N5CCC(c6cc(F)c(C7CCC(=O)NC7=O)c(F)c6)CC5)nc4)CC3)cc2-n2c1nc(=O)c1c(Cl)cccc12. The zero-order valence-electron chi connectivity index (χ0n) is 31.7. The predicted molar refractivity (Wildman–Crippen MR) is 211 cm³/mol. The van der Waals surface area contributed by atoms with Gasteiger partial charge in [0.2, 0.25) is 17.8 Å². The maximum atomic E-state index is 15.2. The van der Waals surface area contributed by atoms with E-state index in [0.717, 1.165) is 22.4 Å². The molecule has 3 fully saturated rings. The number of aliphatic hydroxyl groups is 1. The van der Waals surface area contributed by atoms with E-state index in [1.54, 1.807) is 6.07 Å². The van der Waals surface area contributed by atoms with Crippen LogP contribution in [0.15, 0.2) is 65.7 Å². The Morgan fingerprint density at radius 3 is 2.32 bits per heavy atom. The Kier molecular flexibility index (Phi) is 9.25. The highest BCUT2D eigenvalue weighted by molar-refractivity contribution is 6.35. The summed E-state index contributed by atoms with van der Waals surface area (Å²) in [5, 5.41) is 14.9. The number of carbonyl (C=O) groups excluding carboxylic acids is 2. The summed E-state index contributed by atoms with van der Waals surface area (Å²) < 4.78 is 32.4. The largest absolute Gasteiger partial charge is 0.385 e. The molecule has 3 saturated heterocycles. The fourth-order valence-electron chi connectivity index (χ4n) is 9.32. The highest BCUT2D eigenvalue weighted by Gasteiger charge is 2.41. The normalized spacial score (nSPS) is 20.7. The topological polar surface area (TPSA) is 134 Å². The van der Waals surface area contributed by atoms with Crippen LogP contribution in [0.5, 0.6) is 0 Å². The molecule has 294 valence electrons. The number of halogens is 3. The van der Waals surface area contributed by atoms with Crippen LogP contribution in [-0.4, -0.2) is 67.5 Å². The summed E-state index contributed by atoms with van der Waals surface area (Å²) in [4.78, 5) is 55.0. The highest BCUT2D eigenvalue weighted by atomic mass is 35.5. The molecule has 11 nitrogen and oxygen atoms in total. The number of likely N-dealkylation sites (tertiary alicyclic amines) is 1. The molecule has 0 radical (unpaired) electrons. The number of amides is 2. The molecule has 5 aromatic rings. The van der Waals surface area contributed by atoms with Crippen molar-refractivity contribution in [2.75, 3.05) is 31.1 Å². The minimum absolute atomic E-state index is 0.0488. The van der Waals surface area contributed by atoms with Gasteiger partial charge in [-0.05, 0) is 98.9 Å². The lowest BCUT2D eigenvalue weighted by molar-refractivity contribution is -0.134. The van der Waals surface area contributed by atoms with E-state index in [-0.39, 0.29) is 29.9 Å². The van der Waals surface area contributed by atoms with E-state index in [9.17, 15) is 19.5 Å². The lowest BCUT2D eigenvalue weighted by Gasteiger charge is -2.39. The fourth-order valence-corrected chi connectivity index (χ4v) is 9.57. The molecule has 0 saturated carbocycles. The number of aromatic nitrogens is 4. The Morgan fingerprint density at radius 2 is 1.63 bits per heavy atom. The first-order chi connectivity index (χ1) is 27.3. The van der Waals surface area contributed by atoms with Gasteiger partial charge in [0.1, 0.15) is 17.5 Å². The van der Waals surface area contributed by atoms with Gasteiger partial charge in [-0.3, -0.25) is 29.2 Å². The van der Waals surface area contributed by atoms with E-state index in [1.165, 1.54) is 12.1 Å². The second-order valence-corrected chi connectivity index (χ2v) is 16.8. The number of hydrogen-bond donors (Lipinski definition) is 2. The summed E-state index contributed by atoms with van der Waals surface area (Å²) in [6.07, 6.45) is 6.21. The summed E-state index contributed by atoms with van der Waals surface area (Å²) in [5.41, 5.74) is 2.81. The van der Waals surface area contributed by atoms with E-state index in [2.05, 4.69) is 43.9 Å². The van der Waals surface area contributed by atoms with E-state index >= 15 is 8.78 Å². The molecule has 0 spiro atoms. The Labute approximate surface area is 332 Å². The molecule has 4 aliphatic heterocycles. The van der Waals surface area contributed by atoms with Gasteiger partial charge in [0.05, 0.1) is 38.5 Å². The molecule has 57 heavy (non-hydrogen) atoms. The van der Waals surface area contributed by atoms with Gasteiger partial charge in [0.25, 0.3) is 5.56 Å². The number of benzene rings is 3. The smallest absolute Gasteiger partial charge is 0.282 e. The van der Waals surface area contributed by atoms with Crippen molar-refractivity contribution in [3.05, 3.63) is 122 Å². The standard InChI is InChI=1S/C43H42ClF2N7O4/c1-42(2)29-8-6-27(20-34(29)53-33-5-3-4-30(44)37(33)39(56)50-40(42)53)43(57)12-16-51(17-13-43)23-24-21-47-41(48-22-24)52-14-10-25(11-15-52)26-18-31(45)36(32(46)19-26)28-7-9-35(54)49-38(28)55/h3-6,8,18-22,25,28,57H,7,9-17,23H2,1-2H3,(H,49,54,55). The Morgan fingerprint density at radius 1 is 0.930 bits per heavy atom. The molecule has 2 aromatic heterocycles. The van der Waals surface area contributed by atoms with E-state index < -0.39 is 40.4 Å². The van der Waals surface area contributed by atoms with Gasteiger partial charge >= 0.3 is 0 Å². The molecular weight excluding hydrogens is 752 g/mol. The van der Waals surface area contributed by atoms with Gasteiger partial charge in [-0.1, -0.05) is 29.8 Å². The van der Waals surface area contributed by atoms with Crippen LogP contribution >= 0.6 is 11.6 Å². The first kappa shape index (κ1) is 37.5. The van der Waals surface area contributed by atoms with E-state index in [1.807, 2.05) is 47.3 Å². The molecule has 1 unspecified atom stereocenters. The van der Waals surface area contributed by atoms with Crippen molar-refractivity contribution < 1.29 is 23.5 Å². The Hall–Kier alpha value is -5.11. The maximum Gasteiger partial charge on any atom is 0.282 e. The van der Waals surface area contributed by atoms with Crippen molar-refractivity contribution in [3.8, 4) is 5.69 Å². The second kappa shape index (κ2) is 14.1. The average molecular weight is 794 g/mol. The van der Waals surface area contributed by atoms with Crippen LogP contribution in [0.4, 0.5) is 14.7 Å². The summed E-state index contributed by atoms with van der Waals surface area (Å²) >= 11 is 6.47. The monoisotopic (exact) mass is 793 g/mol. The number of rotatable bonds is 6. The van der Waals surface area contributed by atoms with Crippen LogP contribution in [-0.2, 0) is 27.1 Å². The van der Waals surface area contributed by atoms with Crippen molar-refractivity contribution in [3.63, 3.8) is 0 Å². The second-order valence-electron chi connectivity index (χ2n) is 16.4. The third-order valence-corrected chi connectivity index (χ3v) is 12.9. The molecule has 14 heteroatoms. The first-order valence-corrected chi connectivity index (χ1v) is 19.9. The van der Waals surface area contributed by atoms with Crippen LogP contribution in [0.1, 0.15) is 97.8 Å². The molecule has 6 heterocycles. The van der Waals surface area contributed by atoms with Gasteiger partial charge in [-0.2, -0.15) is 4.98 Å². The van der Waals surface area contributed by atoms with Crippen LogP contribution in [0, 0.1) is 11.6 Å². The lowest BCUT2D eigenvalue weighted by atomic mass is 9.81. The molecule has 4 aliphatic rings. The maximum absolute atomic E-state index is 15.2. The number of piperidine rings is 3. The quantitative estimate of drug-likeness (QED) is 0.195. The van der Waals surface area contributed by atoms with Crippen molar-refractivity contribution in [2.24, 2.45) is 0 Å². The number of fused-ring (bicyclic) bond motifs is 5. The van der Waals surface area contributed by atoms with Gasteiger partial charge < -0.3 is 10.0 Å². The molecular formula is C43H42ClF2N7O4. The van der Waals surface area contributed by atoms with Crippen molar-refractivity contribution in [2.45, 2.75) is 81.8 Å². The number of anilines is 1. The Balaban J connectivity index is 0.825. The van der Waals surface area contributed by atoms with Gasteiger partial charge in [0, 0.05) is 62.7 Å². The lowest BCUT2D eigenvalue weighted by Crippen LogP contribution is -2.42. The van der Waals surface area contributed by atoms with Crippen LogP contribution in [0.2, 0.25) is 5.02 Å². The third-order valence-electron chi connectivity index (χ3n) is 12.6. The van der Waals surface area contributed by atoms with Crippen molar-refractivity contribution >= 4 is 40.3 Å². The number of hydrogen-bond acceptors (Lipinski definition) is 9. The van der Waals surface area contributed by atoms with Crippen LogP contribution < -0.4 is 15.8 Å². The molecule has 2 N–H and O–H groups in total. The third kappa shape index (κ3) is 6.49. The first-order valence-electron chi connectivity index (χ1n) is 19.5. The summed E-state index contributed by atoms with van der Waals surface area (Å²) in [5.74, 6) is -2.42. The van der Waals surface area contributed by atoms with Gasteiger partial charge in [-0.15, -0.1) is 0 Å². The van der Waals surface area contributed by atoms with Crippen LogP contribution in [0.25, 0.3) is 16.6 Å². The number of nitrogens with zero attached hydrogens (tertiary/aromatic N) is 6. The van der Waals surface area contributed by atoms with Gasteiger partial charge in [0.15, 0.2) is 0 Å². The average Bonchev–Trinajstić information content (AvgIpc) is 3.42. The van der Waals surface area contributed by atoms with E-state index in [0.29, 0.717) is 91.7 Å². The number of carbonyl (C=O) groups is 2. The molecule has 0 aliphatic carbocycles. The predicted octanol–water partition coefficient (Wildman–Crippen LogP) is 6.13. The molecule has 2 amide bonds. The van der Waals surface area contributed by atoms with Crippen molar-refractivity contribution in [1.29, 1.82) is 0 Å². The summed E-state index contributed by atoms with van der Waals surface area (Å²) in [7, 11) is 0. The zero-order chi connectivity index (χ0) is 39.8. The molecule has 9 rings (SSSR count). The van der Waals surface area contributed by atoms with Crippen LogP contribution in [0.3, 0.4) is 0 Å². The van der Waals surface area contributed by atoms with E-state index in [4.69, 9.17) is 11.6 Å². The van der Waals surface area contributed by atoms with Crippen molar-refractivity contribution in [1.82, 2.24) is 29.7 Å². The fraction of sp³-hybridized carbons (Fsp3) is 0.395. The minimum Gasteiger partial charge on any atom is -0.385 e. The Bertz CT molecular complexity index is 2490. The van der Waals surface area contributed by atoms with Gasteiger partial charge in [-0.25, -0.2) is 18.7 Å². The highest BCUT2D eigenvalue weighted by Crippen LogP contribution is 2.45. The number of imide groups is 1. The summed E-state index contributed by atoms with van der Waals surface area (Å²) in [6, 6.07) is 14.2. The summed E-state index contributed by atoms with van der Waals surface area (Å²) in [6.45, 7) is 7.35.